The van der Waals surface area contributed by atoms with Crippen molar-refractivity contribution < 1.29 is 4.42 Å². The second kappa shape index (κ2) is 12.6. The maximum atomic E-state index is 6.47. The van der Waals surface area contributed by atoms with Gasteiger partial charge in [-0.05, 0) is 82.9 Å². The third kappa shape index (κ3) is 5.12. The Kier molecular flexibility index (Phi) is 7.22. The van der Waals surface area contributed by atoms with Crippen LogP contribution in [0.15, 0.2) is 186 Å². The Labute approximate surface area is 319 Å². The SMILES string of the molecule is c1ccc(-c2nc3cc4c(cc3s2)oc2cccc(-c3ccc(N(c5ccccc5)c5ccc(-c6cccc7sc8ccccc8c67)cc5)cc3)c24)cc1. The van der Waals surface area contributed by atoms with Gasteiger partial charge in [-0.3, -0.25) is 0 Å². The molecule has 11 aromatic rings. The molecule has 0 amide bonds. The second-order valence-corrected chi connectivity index (χ2v) is 15.6. The Hall–Kier alpha value is -6.53. The van der Waals surface area contributed by atoms with Crippen LogP contribution in [-0.4, -0.2) is 4.98 Å². The maximum absolute atomic E-state index is 6.47. The van der Waals surface area contributed by atoms with E-state index in [1.165, 1.54) is 31.3 Å². The zero-order valence-corrected chi connectivity index (χ0v) is 30.6. The van der Waals surface area contributed by atoms with Crippen molar-refractivity contribution in [1.82, 2.24) is 4.98 Å². The smallest absolute Gasteiger partial charge is 0.137 e. The summed E-state index contributed by atoms with van der Waals surface area (Å²) in [6.45, 7) is 0. The van der Waals surface area contributed by atoms with Crippen molar-refractivity contribution >= 4 is 92.1 Å². The summed E-state index contributed by atoms with van der Waals surface area (Å²) >= 11 is 3.56. The van der Waals surface area contributed by atoms with Gasteiger partial charge in [-0.15, -0.1) is 22.7 Å². The minimum atomic E-state index is 0.879. The van der Waals surface area contributed by atoms with Crippen LogP contribution in [0, 0.1) is 0 Å². The van der Waals surface area contributed by atoms with Crippen LogP contribution < -0.4 is 4.90 Å². The molecule has 0 atom stereocenters. The molecular weight excluding hydrogens is 697 g/mol. The highest BCUT2D eigenvalue weighted by Crippen LogP contribution is 2.43. The lowest BCUT2D eigenvalue weighted by Gasteiger charge is -2.26. The van der Waals surface area contributed by atoms with Crippen molar-refractivity contribution in [2.24, 2.45) is 0 Å². The quantitative estimate of drug-likeness (QED) is 0.171. The first-order chi connectivity index (χ1) is 26.7. The molecule has 54 heavy (non-hydrogen) atoms. The van der Waals surface area contributed by atoms with Gasteiger partial charge in [-0.25, -0.2) is 4.98 Å². The van der Waals surface area contributed by atoms with E-state index in [2.05, 4.69) is 181 Å². The average molecular weight is 727 g/mol. The van der Waals surface area contributed by atoms with E-state index < -0.39 is 0 Å². The Morgan fingerprint density at radius 2 is 1.02 bits per heavy atom. The van der Waals surface area contributed by atoms with E-state index in [9.17, 15) is 0 Å². The zero-order chi connectivity index (χ0) is 35.6. The van der Waals surface area contributed by atoms with Gasteiger partial charge in [0.1, 0.15) is 16.2 Å². The van der Waals surface area contributed by atoms with Crippen LogP contribution in [0.2, 0.25) is 0 Å². The lowest BCUT2D eigenvalue weighted by Crippen LogP contribution is -2.09. The Balaban J connectivity index is 0.977. The summed E-state index contributed by atoms with van der Waals surface area (Å²) in [7, 11) is 0. The summed E-state index contributed by atoms with van der Waals surface area (Å²) in [4.78, 5) is 7.35. The van der Waals surface area contributed by atoms with Crippen LogP contribution in [0.3, 0.4) is 0 Å². The second-order valence-electron chi connectivity index (χ2n) is 13.5. The molecule has 0 bridgehead atoms. The molecule has 3 heterocycles. The van der Waals surface area contributed by atoms with Gasteiger partial charge in [-0.2, -0.15) is 0 Å². The summed E-state index contributed by atoms with van der Waals surface area (Å²) in [5.74, 6) is 0. The van der Waals surface area contributed by atoms with Gasteiger partial charge in [0.2, 0.25) is 0 Å². The molecule has 0 aliphatic carbocycles. The van der Waals surface area contributed by atoms with Crippen LogP contribution in [0.4, 0.5) is 17.1 Å². The van der Waals surface area contributed by atoms with Crippen LogP contribution >= 0.6 is 22.7 Å². The molecular formula is C49H30N2OS2. The standard InChI is InChI=1S/C49H30N2OS2/c1-3-11-33(12-4-1)49-50-41-29-40-43(30-46(41)54-49)52-42-18-9-16-37(47(40)42)31-21-25-35(26-22-31)51(34-13-5-2-6-14-34)36-27-23-32(24-28-36)38-17-10-20-45-48(38)39-15-7-8-19-44(39)53-45/h1-30H. The number of para-hydroxylation sites is 1. The number of hydrogen-bond donors (Lipinski definition) is 0. The monoisotopic (exact) mass is 726 g/mol. The first kappa shape index (κ1) is 31.0. The Morgan fingerprint density at radius 3 is 1.76 bits per heavy atom. The van der Waals surface area contributed by atoms with Crippen molar-refractivity contribution in [3.8, 4) is 32.8 Å². The molecule has 0 unspecified atom stereocenters. The molecule has 0 radical (unpaired) electrons. The molecule has 0 aliphatic heterocycles. The average Bonchev–Trinajstić information content (AvgIpc) is 3.94. The predicted molar refractivity (Wildman–Crippen MR) is 231 cm³/mol. The molecule has 3 nitrogen and oxygen atoms in total. The summed E-state index contributed by atoms with van der Waals surface area (Å²) in [5.41, 5.74) is 11.9. The number of nitrogens with zero attached hydrogens (tertiary/aromatic N) is 2. The van der Waals surface area contributed by atoms with Gasteiger partial charge in [0.25, 0.3) is 0 Å². The van der Waals surface area contributed by atoms with E-state index in [0.29, 0.717) is 0 Å². The molecule has 254 valence electrons. The van der Waals surface area contributed by atoms with Crippen molar-refractivity contribution in [3.63, 3.8) is 0 Å². The van der Waals surface area contributed by atoms with Gasteiger partial charge < -0.3 is 9.32 Å². The first-order valence-corrected chi connectivity index (χ1v) is 19.7. The van der Waals surface area contributed by atoms with Crippen LogP contribution in [0.25, 0.3) is 85.2 Å². The van der Waals surface area contributed by atoms with E-state index in [-0.39, 0.29) is 0 Å². The van der Waals surface area contributed by atoms with E-state index >= 15 is 0 Å². The van der Waals surface area contributed by atoms with Crippen LogP contribution in [0.1, 0.15) is 0 Å². The molecule has 5 heteroatoms. The maximum Gasteiger partial charge on any atom is 0.137 e. The lowest BCUT2D eigenvalue weighted by atomic mass is 9.98. The first-order valence-electron chi connectivity index (χ1n) is 18.0. The largest absolute Gasteiger partial charge is 0.456 e. The minimum absolute atomic E-state index is 0.879. The molecule has 0 fully saturated rings. The van der Waals surface area contributed by atoms with Gasteiger partial charge in [-0.1, -0.05) is 115 Å². The highest BCUT2D eigenvalue weighted by molar-refractivity contribution is 7.26. The van der Waals surface area contributed by atoms with Gasteiger partial charge in [0, 0.05) is 59.6 Å². The summed E-state index contributed by atoms with van der Waals surface area (Å²) in [5, 5.41) is 5.86. The van der Waals surface area contributed by atoms with Crippen molar-refractivity contribution in [2.45, 2.75) is 0 Å². The van der Waals surface area contributed by atoms with Crippen molar-refractivity contribution in [3.05, 3.63) is 182 Å². The number of thiazole rings is 1. The normalized spacial score (nSPS) is 11.7. The molecule has 0 saturated carbocycles. The Bertz CT molecular complexity index is 3140. The Morgan fingerprint density at radius 1 is 0.407 bits per heavy atom. The molecule has 0 saturated heterocycles. The lowest BCUT2D eigenvalue weighted by molar-refractivity contribution is 0.669. The fraction of sp³-hybridized carbons (Fsp3) is 0. The van der Waals surface area contributed by atoms with E-state index in [1.807, 2.05) is 17.4 Å². The zero-order valence-electron chi connectivity index (χ0n) is 28.9. The van der Waals surface area contributed by atoms with Gasteiger partial charge in [0.05, 0.1) is 10.2 Å². The van der Waals surface area contributed by atoms with E-state index in [1.54, 1.807) is 11.3 Å². The number of anilines is 3. The summed E-state index contributed by atoms with van der Waals surface area (Å²) in [6.07, 6.45) is 0. The number of benzene rings is 8. The number of rotatable bonds is 6. The number of thiophene rings is 1. The van der Waals surface area contributed by atoms with E-state index in [4.69, 9.17) is 9.40 Å². The topological polar surface area (TPSA) is 29.3 Å². The fourth-order valence-corrected chi connectivity index (χ4v) is 9.93. The van der Waals surface area contributed by atoms with Crippen LogP contribution in [-0.2, 0) is 0 Å². The molecule has 0 N–H and O–H groups in total. The third-order valence-electron chi connectivity index (χ3n) is 10.3. The third-order valence-corrected chi connectivity index (χ3v) is 12.5. The number of furan rings is 1. The molecule has 8 aromatic carbocycles. The van der Waals surface area contributed by atoms with Gasteiger partial charge >= 0.3 is 0 Å². The van der Waals surface area contributed by atoms with Crippen LogP contribution in [0.5, 0.6) is 0 Å². The number of aromatic nitrogens is 1. The highest BCUT2D eigenvalue weighted by Gasteiger charge is 2.18. The van der Waals surface area contributed by atoms with E-state index in [0.717, 1.165) is 70.9 Å². The molecule has 0 spiro atoms. The number of fused-ring (bicyclic) bond motifs is 7. The molecule has 11 rings (SSSR count). The fourth-order valence-electron chi connectivity index (χ4n) is 7.81. The van der Waals surface area contributed by atoms with Gasteiger partial charge in [0.15, 0.2) is 0 Å². The van der Waals surface area contributed by atoms with Crippen molar-refractivity contribution in [1.29, 1.82) is 0 Å². The number of hydrogen-bond acceptors (Lipinski definition) is 5. The predicted octanol–water partition coefficient (Wildman–Crippen LogP) is 15.0. The molecule has 3 aromatic heterocycles. The summed E-state index contributed by atoms with van der Waals surface area (Å²) < 4.78 is 10.2. The highest BCUT2D eigenvalue weighted by atomic mass is 32.1. The summed E-state index contributed by atoms with van der Waals surface area (Å²) in [6, 6.07) is 64.9. The minimum Gasteiger partial charge on any atom is -0.456 e. The van der Waals surface area contributed by atoms with Crippen molar-refractivity contribution in [2.75, 3.05) is 4.90 Å². The molecule has 0 aliphatic rings.